The van der Waals surface area contributed by atoms with Crippen LogP contribution in [-0.2, 0) is 0 Å². The molecule has 4 nitrogen and oxygen atoms in total. The molecule has 0 bridgehead atoms. The molecule has 0 spiro atoms. The molecule has 11 heavy (non-hydrogen) atoms. The van der Waals surface area contributed by atoms with Gasteiger partial charge in [0.1, 0.15) is 5.82 Å². The molecule has 4 heteroatoms. The molecular formula is C7H14N4. The molecule has 1 rings (SSSR count). The lowest BCUT2D eigenvalue weighted by molar-refractivity contribution is 0.701. The summed E-state index contributed by atoms with van der Waals surface area (Å²) in [5, 5.41) is 6.01. The first-order chi connectivity index (χ1) is 5.15. The fraction of sp³-hybridized carbons (Fsp3) is 0.571. The first-order valence-corrected chi connectivity index (χ1v) is 3.64. The highest BCUT2D eigenvalue weighted by Gasteiger charge is 2.14. The SMILES string of the molecule is CNC1=C(C)C(C)NC(N)=N1. The third-order valence-electron chi connectivity index (χ3n) is 1.86. The summed E-state index contributed by atoms with van der Waals surface area (Å²) < 4.78 is 0. The van der Waals surface area contributed by atoms with E-state index in [9.17, 15) is 0 Å². The number of hydrogen-bond acceptors (Lipinski definition) is 4. The van der Waals surface area contributed by atoms with Crippen LogP contribution < -0.4 is 16.4 Å². The minimum absolute atomic E-state index is 0.273. The number of nitrogens with two attached hydrogens (primary N) is 1. The van der Waals surface area contributed by atoms with Crippen molar-refractivity contribution >= 4 is 5.96 Å². The van der Waals surface area contributed by atoms with Crippen LogP contribution in [0.3, 0.4) is 0 Å². The smallest absolute Gasteiger partial charge is 0.195 e. The Kier molecular flexibility index (Phi) is 2.03. The lowest BCUT2D eigenvalue weighted by atomic mass is 10.1. The molecule has 0 saturated heterocycles. The van der Waals surface area contributed by atoms with Gasteiger partial charge in [0, 0.05) is 7.05 Å². The fourth-order valence-corrected chi connectivity index (χ4v) is 1.03. The van der Waals surface area contributed by atoms with Gasteiger partial charge in [-0.25, -0.2) is 0 Å². The second-order valence-corrected chi connectivity index (χ2v) is 2.64. The summed E-state index contributed by atoms with van der Waals surface area (Å²) in [5.74, 6) is 1.35. The highest BCUT2D eigenvalue weighted by molar-refractivity contribution is 5.80. The Balaban J connectivity index is 2.92. The molecular weight excluding hydrogens is 140 g/mol. The van der Waals surface area contributed by atoms with Gasteiger partial charge in [-0.05, 0) is 19.4 Å². The van der Waals surface area contributed by atoms with Crippen molar-refractivity contribution in [3.63, 3.8) is 0 Å². The number of hydrogen-bond donors (Lipinski definition) is 3. The van der Waals surface area contributed by atoms with E-state index in [-0.39, 0.29) is 6.04 Å². The van der Waals surface area contributed by atoms with Crippen molar-refractivity contribution in [3.8, 4) is 0 Å². The van der Waals surface area contributed by atoms with Crippen LogP contribution in [0.2, 0.25) is 0 Å². The molecule has 0 saturated carbocycles. The molecule has 0 radical (unpaired) electrons. The van der Waals surface area contributed by atoms with E-state index in [0.717, 1.165) is 5.82 Å². The number of nitrogens with zero attached hydrogens (tertiary/aromatic N) is 1. The Morgan fingerprint density at radius 2 is 2.27 bits per heavy atom. The normalized spacial score (nSPS) is 24.3. The second-order valence-electron chi connectivity index (χ2n) is 2.64. The third-order valence-corrected chi connectivity index (χ3v) is 1.86. The van der Waals surface area contributed by atoms with Crippen LogP contribution in [0.4, 0.5) is 0 Å². The molecule has 1 atom stereocenters. The van der Waals surface area contributed by atoms with E-state index >= 15 is 0 Å². The molecule has 0 aromatic rings. The van der Waals surface area contributed by atoms with Gasteiger partial charge in [-0.3, -0.25) is 0 Å². The van der Waals surface area contributed by atoms with Crippen molar-refractivity contribution in [2.75, 3.05) is 7.05 Å². The lowest BCUT2D eigenvalue weighted by Crippen LogP contribution is -2.43. The standard InChI is InChI=1S/C7H14N4/c1-4-5(2)10-7(8)11-6(4)9-3/h5,9H,1-3H3,(H3,8,10,11). The Hall–Kier alpha value is -1.19. The van der Waals surface area contributed by atoms with Crippen molar-refractivity contribution in [1.82, 2.24) is 10.6 Å². The molecule has 0 aromatic heterocycles. The maximum atomic E-state index is 5.52. The van der Waals surface area contributed by atoms with Crippen LogP contribution in [0, 0.1) is 0 Å². The van der Waals surface area contributed by atoms with Crippen molar-refractivity contribution < 1.29 is 0 Å². The van der Waals surface area contributed by atoms with Gasteiger partial charge >= 0.3 is 0 Å². The van der Waals surface area contributed by atoms with E-state index in [0.29, 0.717) is 5.96 Å². The second kappa shape index (κ2) is 2.82. The molecule has 0 aliphatic carbocycles. The summed E-state index contributed by atoms with van der Waals surface area (Å²) in [7, 11) is 1.84. The van der Waals surface area contributed by atoms with Gasteiger partial charge in [-0.1, -0.05) is 0 Å². The van der Waals surface area contributed by atoms with E-state index in [1.807, 2.05) is 20.9 Å². The first kappa shape index (κ1) is 7.91. The summed E-state index contributed by atoms with van der Waals surface area (Å²) >= 11 is 0. The van der Waals surface area contributed by atoms with Crippen LogP contribution in [0.25, 0.3) is 0 Å². The van der Waals surface area contributed by atoms with Crippen molar-refractivity contribution in [3.05, 3.63) is 11.4 Å². The molecule has 0 fully saturated rings. The third kappa shape index (κ3) is 1.45. The average Bonchev–Trinajstić information content (AvgIpc) is 1.96. The molecule has 62 valence electrons. The minimum Gasteiger partial charge on any atom is -0.373 e. The van der Waals surface area contributed by atoms with Crippen LogP contribution in [0.15, 0.2) is 16.4 Å². The van der Waals surface area contributed by atoms with Gasteiger partial charge in [-0.2, -0.15) is 4.99 Å². The number of aliphatic imine (C=N–C) groups is 1. The number of rotatable bonds is 1. The van der Waals surface area contributed by atoms with E-state index in [1.165, 1.54) is 5.57 Å². The Morgan fingerprint density at radius 3 is 2.82 bits per heavy atom. The van der Waals surface area contributed by atoms with E-state index < -0.39 is 0 Å². The minimum atomic E-state index is 0.273. The van der Waals surface area contributed by atoms with Gasteiger partial charge in [0.05, 0.1) is 6.04 Å². The Labute approximate surface area is 66.6 Å². The van der Waals surface area contributed by atoms with Gasteiger partial charge in [0.15, 0.2) is 5.96 Å². The van der Waals surface area contributed by atoms with Crippen LogP contribution in [0.5, 0.6) is 0 Å². The maximum absolute atomic E-state index is 5.52. The molecule has 1 unspecified atom stereocenters. The Morgan fingerprint density at radius 1 is 1.64 bits per heavy atom. The van der Waals surface area contributed by atoms with Crippen LogP contribution in [0.1, 0.15) is 13.8 Å². The molecule has 1 aliphatic rings. The first-order valence-electron chi connectivity index (χ1n) is 3.64. The molecule has 0 amide bonds. The maximum Gasteiger partial charge on any atom is 0.195 e. The number of guanidine groups is 1. The zero-order valence-electron chi connectivity index (χ0n) is 7.10. The van der Waals surface area contributed by atoms with Gasteiger partial charge in [0.2, 0.25) is 0 Å². The largest absolute Gasteiger partial charge is 0.373 e. The summed E-state index contributed by atoms with van der Waals surface area (Å²) in [5.41, 5.74) is 6.70. The molecule has 1 aliphatic heterocycles. The summed E-state index contributed by atoms with van der Waals surface area (Å²) in [6.45, 7) is 4.08. The average molecular weight is 154 g/mol. The highest BCUT2D eigenvalue weighted by Crippen LogP contribution is 2.10. The fourth-order valence-electron chi connectivity index (χ4n) is 1.03. The van der Waals surface area contributed by atoms with Crippen LogP contribution >= 0.6 is 0 Å². The lowest BCUT2D eigenvalue weighted by Gasteiger charge is -2.22. The zero-order valence-corrected chi connectivity index (χ0v) is 7.10. The molecule has 1 heterocycles. The zero-order chi connectivity index (χ0) is 8.43. The quantitative estimate of drug-likeness (QED) is 0.488. The van der Waals surface area contributed by atoms with Crippen molar-refractivity contribution in [2.45, 2.75) is 19.9 Å². The van der Waals surface area contributed by atoms with E-state index in [2.05, 4.69) is 15.6 Å². The van der Waals surface area contributed by atoms with Crippen LogP contribution in [-0.4, -0.2) is 19.0 Å². The summed E-state index contributed by atoms with van der Waals surface area (Å²) in [6.07, 6.45) is 0. The highest BCUT2D eigenvalue weighted by atomic mass is 15.2. The van der Waals surface area contributed by atoms with Gasteiger partial charge in [-0.15, -0.1) is 0 Å². The van der Waals surface area contributed by atoms with Crippen molar-refractivity contribution in [1.29, 1.82) is 0 Å². The summed E-state index contributed by atoms with van der Waals surface area (Å²) in [6, 6.07) is 0.273. The van der Waals surface area contributed by atoms with Crippen molar-refractivity contribution in [2.24, 2.45) is 10.7 Å². The van der Waals surface area contributed by atoms with Gasteiger partial charge < -0.3 is 16.4 Å². The van der Waals surface area contributed by atoms with E-state index in [4.69, 9.17) is 5.73 Å². The molecule has 4 N–H and O–H groups in total. The van der Waals surface area contributed by atoms with Gasteiger partial charge in [0.25, 0.3) is 0 Å². The predicted molar refractivity (Wildman–Crippen MR) is 46.0 cm³/mol. The Bertz CT molecular complexity index is 216. The monoisotopic (exact) mass is 154 g/mol. The van der Waals surface area contributed by atoms with E-state index in [1.54, 1.807) is 0 Å². The topological polar surface area (TPSA) is 62.4 Å². The predicted octanol–water partition coefficient (Wildman–Crippen LogP) is -0.256. The summed E-state index contributed by atoms with van der Waals surface area (Å²) in [4.78, 5) is 4.08. The number of nitrogens with one attached hydrogen (secondary N) is 2. The molecule has 0 aromatic carbocycles.